The first-order valence-electron chi connectivity index (χ1n) is 9.00. The quantitative estimate of drug-likeness (QED) is 0.573. The normalized spacial score (nSPS) is 18.3. The molecule has 27 heavy (non-hydrogen) atoms. The van der Waals surface area contributed by atoms with Crippen molar-refractivity contribution in [3.8, 4) is 5.75 Å². The second-order valence-electron chi connectivity index (χ2n) is 6.72. The number of phenols is 1. The molecule has 1 aromatic carbocycles. The second kappa shape index (κ2) is 9.66. The predicted octanol–water partition coefficient (Wildman–Crippen LogP) is 1.49. The highest BCUT2D eigenvalue weighted by atomic mass is 32.2. The SMILES string of the molecule is CC.CS(=O)N1CCN(C(/C=C(\N)c2ccccc2O)=C(N)N)CC1(C)C. The predicted molar refractivity (Wildman–Crippen MR) is 113 cm³/mol. The molecule has 1 atom stereocenters. The van der Waals surface area contributed by atoms with E-state index in [9.17, 15) is 9.32 Å². The van der Waals surface area contributed by atoms with E-state index in [0.717, 1.165) is 0 Å². The summed E-state index contributed by atoms with van der Waals surface area (Å²) in [5.74, 6) is 0.248. The van der Waals surface area contributed by atoms with E-state index in [1.54, 1.807) is 36.6 Å². The number of nitrogens with two attached hydrogens (primary N) is 3. The van der Waals surface area contributed by atoms with E-state index in [1.165, 1.54) is 0 Å². The zero-order valence-electron chi connectivity index (χ0n) is 16.9. The van der Waals surface area contributed by atoms with E-state index in [1.807, 2.05) is 36.9 Å². The third kappa shape index (κ3) is 5.64. The highest BCUT2D eigenvalue weighted by Crippen LogP contribution is 2.27. The Morgan fingerprint density at radius 3 is 2.26 bits per heavy atom. The summed E-state index contributed by atoms with van der Waals surface area (Å²) in [4.78, 5) is 2.03. The van der Waals surface area contributed by atoms with Gasteiger partial charge in [0.05, 0.1) is 16.7 Å². The first kappa shape index (κ1) is 22.9. The molecule has 7 N–H and O–H groups in total. The monoisotopic (exact) mass is 395 g/mol. The molecule has 0 aliphatic carbocycles. The van der Waals surface area contributed by atoms with Crippen molar-refractivity contribution in [3.05, 3.63) is 47.4 Å². The van der Waals surface area contributed by atoms with Crippen molar-refractivity contribution in [2.24, 2.45) is 17.2 Å². The van der Waals surface area contributed by atoms with Crippen LogP contribution in [0.3, 0.4) is 0 Å². The molecule has 2 rings (SSSR count). The van der Waals surface area contributed by atoms with E-state index < -0.39 is 11.0 Å². The van der Waals surface area contributed by atoms with Crippen LogP contribution >= 0.6 is 0 Å². The Balaban J connectivity index is 0.00000176. The van der Waals surface area contributed by atoms with Gasteiger partial charge < -0.3 is 27.2 Å². The van der Waals surface area contributed by atoms with Crippen LogP contribution in [0.2, 0.25) is 0 Å². The molecule has 0 aromatic heterocycles. The maximum absolute atomic E-state index is 11.9. The lowest BCUT2D eigenvalue weighted by molar-refractivity contribution is 0.112. The zero-order valence-corrected chi connectivity index (χ0v) is 17.7. The fourth-order valence-electron chi connectivity index (χ4n) is 3.12. The molecule has 1 saturated heterocycles. The van der Waals surface area contributed by atoms with Gasteiger partial charge in [0.1, 0.15) is 11.6 Å². The lowest BCUT2D eigenvalue weighted by atomic mass is 10.0. The second-order valence-corrected chi connectivity index (χ2v) is 8.01. The van der Waals surface area contributed by atoms with Gasteiger partial charge in [-0.3, -0.25) is 0 Å². The summed E-state index contributed by atoms with van der Waals surface area (Å²) in [5, 5.41) is 9.97. The van der Waals surface area contributed by atoms with Crippen LogP contribution in [0.15, 0.2) is 41.9 Å². The van der Waals surface area contributed by atoms with Crippen LogP contribution in [0.4, 0.5) is 0 Å². The average Bonchev–Trinajstić information content (AvgIpc) is 2.60. The molecule has 1 aliphatic heterocycles. The van der Waals surface area contributed by atoms with Crippen LogP contribution in [0.5, 0.6) is 5.75 Å². The smallest absolute Gasteiger partial charge is 0.124 e. The molecule has 7 nitrogen and oxygen atoms in total. The Morgan fingerprint density at radius 1 is 1.19 bits per heavy atom. The van der Waals surface area contributed by atoms with Crippen molar-refractivity contribution in [3.63, 3.8) is 0 Å². The fraction of sp³-hybridized carbons (Fsp3) is 0.474. The van der Waals surface area contributed by atoms with Gasteiger partial charge in [-0.15, -0.1) is 0 Å². The molecule has 1 heterocycles. The first-order chi connectivity index (χ1) is 12.6. The summed E-state index contributed by atoms with van der Waals surface area (Å²) in [6.45, 7) is 9.91. The van der Waals surface area contributed by atoms with Crippen molar-refractivity contribution in [1.29, 1.82) is 0 Å². The van der Waals surface area contributed by atoms with Crippen molar-refractivity contribution in [2.75, 3.05) is 25.9 Å². The van der Waals surface area contributed by atoms with E-state index in [2.05, 4.69) is 0 Å². The van der Waals surface area contributed by atoms with Gasteiger partial charge in [0.25, 0.3) is 0 Å². The summed E-state index contributed by atoms with van der Waals surface area (Å²) in [5.41, 5.74) is 19.1. The Bertz CT molecular complexity index is 727. The molecule has 0 spiro atoms. The summed E-state index contributed by atoms with van der Waals surface area (Å²) in [6.07, 6.45) is 3.36. The minimum atomic E-state index is -1.05. The van der Waals surface area contributed by atoms with E-state index >= 15 is 0 Å². The van der Waals surface area contributed by atoms with Gasteiger partial charge in [-0.2, -0.15) is 0 Å². The topological polar surface area (TPSA) is 122 Å². The standard InChI is InChI=1S/C17H27N5O2S.C2H6/c1-17(2)11-21(8-9-22(17)25(3)24)14(16(19)20)10-13(18)12-6-4-5-7-15(12)23;1-2/h4-7,10,23H,8-9,11,18-20H2,1-3H3;1-2H3/b13-10-;. The number of phenolic OH excluding ortho intramolecular Hbond substituents is 1. The van der Waals surface area contributed by atoms with Crippen molar-refractivity contribution in [2.45, 2.75) is 33.2 Å². The van der Waals surface area contributed by atoms with Crippen molar-refractivity contribution < 1.29 is 9.32 Å². The summed E-state index contributed by atoms with van der Waals surface area (Å²) in [7, 11) is -1.05. The lowest BCUT2D eigenvalue weighted by Crippen LogP contribution is -2.59. The van der Waals surface area contributed by atoms with Gasteiger partial charge in [-0.25, -0.2) is 8.51 Å². The Labute approximate surface area is 165 Å². The minimum Gasteiger partial charge on any atom is -0.507 e. The number of aromatic hydroxyl groups is 1. The van der Waals surface area contributed by atoms with Crippen molar-refractivity contribution in [1.82, 2.24) is 9.21 Å². The molecule has 1 aromatic rings. The fourth-order valence-corrected chi connectivity index (χ4v) is 4.21. The van der Waals surface area contributed by atoms with Gasteiger partial charge in [0.2, 0.25) is 0 Å². The Hall–Kier alpha value is -2.19. The van der Waals surface area contributed by atoms with E-state index in [-0.39, 0.29) is 17.1 Å². The molecular formula is C19H33N5O2S. The van der Waals surface area contributed by atoms with Crippen LogP contribution in [0.1, 0.15) is 33.3 Å². The summed E-state index contributed by atoms with van der Waals surface area (Å²) in [6, 6.07) is 6.83. The highest BCUT2D eigenvalue weighted by molar-refractivity contribution is 7.81. The maximum Gasteiger partial charge on any atom is 0.124 e. The third-order valence-corrected chi connectivity index (χ3v) is 5.58. The van der Waals surface area contributed by atoms with Crippen LogP contribution in [0.25, 0.3) is 5.70 Å². The molecule has 0 saturated carbocycles. The van der Waals surface area contributed by atoms with Crippen LogP contribution < -0.4 is 17.2 Å². The summed E-state index contributed by atoms with van der Waals surface area (Å²) < 4.78 is 13.9. The molecule has 1 unspecified atom stereocenters. The number of allylic oxidation sites excluding steroid dienone is 1. The number of rotatable bonds is 4. The number of piperazine rings is 1. The van der Waals surface area contributed by atoms with E-state index in [4.69, 9.17) is 17.2 Å². The lowest BCUT2D eigenvalue weighted by Gasteiger charge is -2.46. The molecule has 0 amide bonds. The Morgan fingerprint density at radius 2 is 1.78 bits per heavy atom. The zero-order chi connectivity index (χ0) is 20.8. The van der Waals surface area contributed by atoms with Gasteiger partial charge >= 0.3 is 0 Å². The minimum absolute atomic E-state index is 0.0951. The highest BCUT2D eigenvalue weighted by Gasteiger charge is 2.36. The molecule has 8 heteroatoms. The number of nitrogens with zero attached hydrogens (tertiary/aromatic N) is 2. The molecule has 1 aliphatic rings. The van der Waals surface area contributed by atoms with Crippen LogP contribution in [0, 0.1) is 0 Å². The average molecular weight is 396 g/mol. The van der Waals surface area contributed by atoms with Gasteiger partial charge in [0.15, 0.2) is 0 Å². The molecule has 152 valence electrons. The number of hydrogen-bond donors (Lipinski definition) is 4. The largest absolute Gasteiger partial charge is 0.507 e. The van der Waals surface area contributed by atoms with E-state index in [0.29, 0.717) is 36.6 Å². The van der Waals surface area contributed by atoms with Crippen LogP contribution in [-0.2, 0) is 11.0 Å². The molecule has 1 fully saturated rings. The number of para-hydroxylation sites is 1. The van der Waals surface area contributed by atoms with Gasteiger partial charge in [-0.05, 0) is 32.1 Å². The number of hydrogen-bond acceptors (Lipinski definition) is 6. The van der Waals surface area contributed by atoms with Crippen molar-refractivity contribution >= 4 is 16.7 Å². The summed E-state index contributed by atoms with van der Waals surface area (Å²) >= 11 is 0. The number of benzene rings is 1. The third-order valence-electron chi connectivity index (χ3n) is 4.28. The first-order valence-corrected chi connectivity index (χ1v) is 10.5. The molecular weight excluding hydrogens is 362 g/mol. The van der Waals surface area contributed by atoms with Gasteiger partial charge in [-0.1, -0.05) is 26.0 Å². The molecule has 0 bridgehead atoms. The maximum atomic E-state index is 11.9. The molecule has 0 radical (unpaired) electrons. The van der Waals surface area contributed by atoms with Crippen LogP contribution in [-0.4, -0.2) is 49.9 Å². The van der Waals surface area contributed by atoms with Gasteiger partial charge in [0, 0.05) is 42.7 Å². The Kier molecular flexibility index (Phi) is 8.18.